The van der Waals surface area contributed by atoms with Gasteiger partial charge < -0.3 is 4.98 Å². The molecule has 0 amide bonds. The van der Waals surface area contributed by atoms with Crippen molar-refractivity contribution >= 4 is 15.9 Å². The van der Waals surface area contributed by atoms with Gasteiger partial charge in [-0.15, -0.1) is 0 Å². The summed E-state index contributed by atoms with van der Waals surface area (Å²) in [6, 6.07) is 0. The molecule has 11 heavy (non-hydrogen) atoms. The summed E-state index contributed by atoms with van der Waals surface area (Å²) in [5, 5.41) is 6.70. The molecule has 0 aliphatic carbocycles. The minimum absolute atomic E-state index is 0.919. The van der Waals surface area contributed by atoms with Crippen molar-refractivity contribution in [3.8, 4) is 11.4 Å². The molecule has 0 unspecified atom stereocenters. The first-order valence-corrected chi connectivity index (χ1v) is 3.85. The summed E-state index contributed by atoms with van der Waals surface area (Å²) in [5.41, 5.74) is 1.84. The van der Waals surface area contributed by atoms with E-state index < -0.39 is 0 Å². The van der Waals surface area contributed by atoms with E-state index in [4.69, 9.17) is 0 Å². The number of halogens is 1. The Hall–Kier alpha value is -1.10. The van der Waals surface area contributed by atoms with E-state index in [1.165, 1.54) is 0 Å². The molecule has 2 N–H and O–H groups in total. The number of aromatic nitrogens is 4. The van der Waals surface area contributed by atoms with Crippen LogP contribution in [-0.2, 0) is 0 Å². The Morgan fingerprint density at radius 2 is 2.27 bits per heavy atom. The van der Waals surface area contributed by atoms with Gasteiger partial charge in [0.25, 0.3) is 0 Å². The maximum absolute atomic E-state index is 3.90. The van der Waals surface area contributed by atoms with Crippen LogP contribution in [0.1, 0.15) is 0 Å². The average molecular weight is 213 g/mol. The molecule has 4 nitrogen and oxygen atoms in total. The molecule has 2 rings (SSSR count). The number of hydrogen-bond donors (Lipinski definition) is 2. The van der Waals surface area contributed by atoms with Gasteiger partial charge in [0.2, 0.25) is 0 Å². The molecular weight excluding hydrogens is 208 g/mol. The van der Waals surface area contributed by atoms with Gasteiger partial charge in [0.1, 0.15) is 0 Å². The normalized spacial score (nSPS) is 10.3. The third kappa shape index (κ3) is 1.07. The maximum Gasteiger partial charge on any atom is 0.0971 e. The average Bonchev–Trinajstić information content (AvgIpc) is 2.55. The summed E-state index contributed by atoms with van der Waals surface area (Å²) in [7, 11) is 0. The number of hydrogen-bond acceptors (Lipinski definition) is 2. The van der Waals surface area contributed by atoms with Gasteiger partial charge in [-0.25, -0.2) is 4.98 Å². The number of imidazole rings is 1. The Kier molecular flexibility index (Phi) is 1.50. The molecule has 0 aliphatic heterocycles. The van der Waals surface area contributed by atoms with Crippen LogP contribution in [0.5, 0.6) is 0 Å². The molecule has 5 heteroatoms. The second-order valence-corrected chi connectivity index (χ2v) is 2.91. The predicted octanol–water partition coefficient (Wildman–Crippen LogP) is 1.56. The summed E-state index contributed by atoms with van der Waals surface area (Å²) in [6.45, 7) is 0. The lowest BCUT2D eigenvalue weighted by atomic mass is 10.3. The SMILES string of the molecule is Brc1cn[nH]c1-c1cnc[nH]1. The van der Waals surface area contributed by atoms with Crippen molar-refractivity contribution in [2.75, 3.05) is 0 Å². The van der Waals surface area contributed by atoms with Gasteiger partial charge in [0.15, 0.2) is 0 Å². The molecule has 0 aliphatic rings. The fourth-order valence-electron chi connectivity index (χ4n) is 0.853. The molecule has 0 bridgehead atoms. The van der Waals surface area contributed by atoms with Crippen LogP contribution >= 0.6 is 15.9 Å². The number of H-pyrrole nitrogens is 2. The van der Waals surface area contributed by atoms with Crippen molar-refractivity contribution in [2.24, 2.45) is 0 Å². The lowest BCUT2D eigenvalue weighted by Crippen LogP contribution is -1.77. The van der Waals surface area contributed by atoms with Crippen LogP contribution in [0, 0.1) is 0 Å². The van der Waals surface area contributed by atoms with Gasteiger partial charge in [0.05, 0.1) is 34.6 Å². The molecular formula is C6H5BrN4. The Morgan fingerprint density at radius 1 is 1.36 bits per heavy atom. The molecule has 2 aromatic heterocycles. The van der Waals surface area contributed by atoms with E-state index in [2.05, 4.69) is 36.1 Å². The Balaban J connectivity index is 2.53. The van der Waals surface area contributed by atoms with Crippen LogP contribution in [0.4, 0.5) is 0 Å². The zero-order valence-electron chi connectivity index (χ0n) is 5.50. The third-order valence-electron chi connectivity index (χ3n) is 1.36. The van der Waals surface area contributed by atoms with E-state index >= 15 is 0 Å². The second kappa shape index (κ2) is 2.50. The highest BCUT2D eigenvalue weighted by atomic mass is 79.9. The standard InChI is InChI=1S/C6H5BrN4/c7-4-1-10-11-6(4)5-2-8-3-9-5/h1-3H,(H,8,9)(H,10,11). The number of aromatic amines is 2. The van der Waals surface area contributed by atoms with E-state index in [1.54, 1.807) is 18.7 Å². The minimum Gasteiger partial charge on any atom is -0.343 e. The van der Waals surface area contributed by atoms with Gasteiger partial charge in [-0.3, -0.25) is 5.10 Å². The van der Waals surface area contributed by atoms with Gasteiger partial charge >= 0.3 is 0 Å². The van der Waals surface area contributed by atoms with Gasteiger partial charge in [-0.05, 0) is 15.9 Å². The van der Waals surface area contributed by atoms with Crippen LogP contribution in [0.25, 0.3) is 11.4 Å². The second-order valence-electron chi connectivity index (χ2n) is 2.06. The summed E-state index contributed by atoms with van der Waals surface area (Å²) in [6.07, 6.45) is 5.07. The number of rotatable bonds is 1. The van der Waals surface area contributed by atoms with Gasteiger partial charge in [-0.1, -0.05) is 0 Å². The molecule has 2 heterocycles. The molecule has 0 atom stereocenters. The topological polar surface area (TPSA) is 57.4 Å². The highest BCUT2D eigenvalue weighted by molar-refractivity contribution is 9.10. The van der Waals surface area contributed by atoms with Gasteiger partial charge in [0, 0.05) is 0 Å². The van der Waals surface area contributed by atoms with E-state index in [-0.39, 0.29) is 0 Å². The first kappa shape index (κ1) is 6.60. The van der Waals surface area contributed by atoms with E-state index in [0.717, 1.165) is 15.9 Å². The summed E-state index contributed by atoms with van der Waals surface area (Å²) >= 11 is 3.35. The lowest BCUT2D eigenvalue weighted by molar-refractivity contribution is 1.09. The fourth-order valence-corrected chi connectivity index (χ4v) is 1.26. The smallest absolute Gasteiger partial charge is 0.0971 e. The molecule has 0 fully saturated rings. The Morgan fingerprint density at radius 3 is 2.82 bits per heavy atom. The molecule has 0 radical (unpaired) electrons. The van der Waals surface area contributed by atoms with E-state index in [9.17, 15) is 0 Å². The van der Waals surface area contributed by atoms with Crippen molar-refractivity contribution in [3.05, 3.63) is 23.2 Å². The van der Waals surface area contributed by atoms with E-state index in [1.807, 2.05) is 0 Å². The lowest BCUT2D eigenvalue weighted by Gasteiger charge is -1.89. The van der Waals surface area contributed by atoms with Crippen molar-refractivity contribution in [1.82, 2.24) is 20.2 Å². The highest BCUT2D eigenvalue weighted by Crippen LogP contribution is 2.22. The number of nitrogens with zero attached hydrogens (tertiary/aromatic N) is 2. The largest absolute Gasteiger partial charge is 0.343 e. The quantitative estimate of drug-likeness (QED) is 0.755. The van der Waals surface area contributed by atoms with Crippen LogP contribution < -0.4 is 0 Å². The fraction of sp³-hybridized carbons (Fsp3) is 0. The van der Waals surface area contributed by atoms with Crippen molar-refractivity contribution < 1.29 is 0 Å². The summed E-state index contributed by atoms with van der Waals surface area (Å²) in [4.78, 5) is 6.86. The van der Waals surface area contributed by atoms with Crippen LogP contribution in [-0.4, -0.2) is 20.2 Å². The Labute approximate surface area is 71.2 Å². The highest BCUT2D eigenvalue weighted by Gasteiger charge is 2.04. The Bertz CT molecular complexity index is 337. The van der Waals surface area contributed by atoms with Crippen molar-refractivity contribution in [1.29, 1.82) is 0 Å². The molecule has 2 aromatic rings. The monoisotopic (exact) mass is 212 g/mol. The zero-order chi connectivity index (χ0) is 7.68. The molecule has 0 saturated carbocycles. The number of nitrogens with one attached hydrogen (secondary N) is 2. The van der Waals surface area contributed by atoms with Crippen molar-refractivity contribution in [2.45, 2.75) is 0 Å². The molecule has 56 valence electrons. The first-order valence-electron chi connectivity index (χ1n) is 3.05. The van der Waals surface area contributed by atoms with Crippen LogP contribution in [0.15, 0.2) is 23.2 Å². The van der Waals surface area contributed by atoms with Crippen LogP contribution in [0.3, 0.4) is 0 Å². The minimum atomic E-state index is 0.919. The van der Waals surface area contributed by atoms with E-state index in [0.29, 0.717) is 0 Å². The van der Waals surface area contributed by atoms with Gasteiger partial charge in [-0.2, -0.15) is 5.10 Å². The van der Waals surface area contributed by atoms with Crippen LogP contribution in [0.2, 0.25) is 0 Å². The molecule has 0 spiro atoms. The summed E-state index contributed by atoms with van der Waals surface area (Å²) in [5.74, 6) is 0. The first-order chi connectivity index (χ1) is 5.38. The molecule has 0 saturated heterocycles. The summed E-state index contributed by atoms with van der Waals surface area (Å²) < 4.78 is 0.932. The molecule has 0 aromatic carbocycles. The third-order valence-corrected chi connectivity index (χ3v) is 1.96. The zero-order valence-corrected chi connectivity index (χ0v) is 7.09. The predicted molar refractivity (Wildman–Crippen MR) is 43.9 cm³/mol. The van der Waals surface area contributed by atoms with Crippen molar-refractivity contribution in [3.63, 3.8) is 0 Å². The maximum atomic E-state index is 3.90.